The van der Waals surface area contributed by atoms with Gasteiger partial charge in [0, 0.05) is 12.9 Å². The monoisotopic (exact) mass is 488 g/mol. The maximum absolute atomic E-state index is 11.8. The number of carboxylic acid groups (broad SMARTS) is 1. The van der Waals surface area contributed by atoms with Gasteiger partial charge in [-0.1, -0.05) is 78.9 Å². The van der Waals surface area contributed by atoms with E-state index in [1.54, 1.807) is 6.20 Å². The summed E-state index contributed by atoms with van der Waals surface area (Å²) in [5.74, 6) is 1.91. The summed E-state index contributed by atoms with van der Waals surface area (Å²) in [6.45, 7) is 1.75. The fraction of sp³-hybridized carbons (Fsp3) is 0.241. The molecule has 7 heteroatoms. The first-order valence-electron chi connectivity index (χ1n) is 11.7. The van der Waals surface area contributed by atoms with Crippen molar-refractivity contribution in [2.45, 2.75) is 18.6 Å². The SMILES string of the molecule is C[N+](C)(CCCOc1ccccc1)Cc1cnc(C(O)(c2ccccc2)c2ccccc2)o1.O=C[O-]. The Morgan fingerprint density at radius 2 is 1.44 bits per heavy atom. The molecule has 0 saturated heterocycles. The topological polar surface area (TPSA) is 95.6 Å². The van der Waals surface area contributed by atoms with Gasteiger partial charge in [0.1, 0.15) is 12.3 Å². The Kier molecular flexibility index (Phi) is 9.39. The number of carbonyl (C=O) groups excluding carboxylic acids is 1. The number of hydrogen-bond donors (Lipinski definition) is 1. The number of ether oxygens (including phenoxy) is 1. The zero-order valence-corrected chi connectivity index (χ0v) is 20.6. The molecule has 0 aliphatic carbocycles. The first-order chi connectivity index (χ1) is 17.4. The van der Waals surface area contributed by atoms with E-state index in [0.717, 1.165) is 40.1 Å². The number of aliphatic hydroxyl groups is 1. The van der Waals surface area contributed by atoms with Gasteiger partial charge in [-0.15, -0.1) is 0 Å². The molecule has 4 rings (SSSR count). The minimum atomic E-state index is -1.46. The number of quaternary nitrogens is 1. The van der Waals surface area contributed by atoms with Gasteiger partial charge in [-0.2, -0.15) is 0 Å². The molecule has 0 saturated carbocycles. The maximum atomic E-state index is 11.8. The molecule has 0 bridgehead atoms. The first-order valence-corrected chi connectivity index (χ1v) is 11.7. The van der Waals surface area contributed by atoms with E-state index < -0.39 is 12.1 Å². The van der Waals surface area contributed by atoms with Gasteiger partial charge in [0.05, 0.1) is 33.4 Å². The molecule has 0 aliphatic heterocycles. The molecule has 7 nitrogen and oxygen atoms in total. The van der Waals surface area contributed by atoms with Crippen LogP contribution < -0.4 is 9.84 Å². The molecule has 36 heavy (non-hydrogen) atoms. The van der Waals surface area contributed by atoms with Crippen LogP contribution >= 0.6 is 0 Å². The van der Waals surface area contributed by atoms with Crippen molar-refractivity contribution in [3.8, 4) is 5.75 Å². The predicted octanol–water partition coefficient (Wildman–Crippen LogP) is 3.37. The van der Waals surface area contributed by atoms with Crippen molar-refractivity contribution < 1.29 is 28.6 Å². The summed E-state index contributed by atoms with van der Waals surface area (Å²) in [6, 6.07) is 28.9. The van der Waals surface area contributed by atoms with Crippen molar-refractivity contribution in [3.63, 3.8) is 0 Å². The van der Waals surface area contributed by atoms with E-state index in [-0.39, 0.29) is 5.89 Å². The molecule has 0 radical (unpaired) electrons. The smallest absolute Gasteiger partial charge is 0.236 e. The summed E-state index contributed by atoms with van der Waals surface area (Å²) in [4.78, 5) is 12.8. The van der Waals surface area contributed by atoms with E-state index >= 15 is 0 Å². The lowest BCUT2D eigenvalue weighted by molar-refractivity contribution is -0.904. The second-order valence-corrected chi connectivity index (χ2v) is 9.00. The normalized spacial score (nSPS) is 11.3. The van der Waals surface area contributed by atoms with Crippen LogP contribution in [0.2, 0.25) is 0 Å². The van der Waals surface area contributed by atoms with Crippen molar-refractivity contribution in [2.75, 3.05) is 27.2 Å². The quantitative estimate of drug-likeness (QED) is 0.209. The Balaban J connectivity index is 0.00000115. The third-order valence-corrected chi connectivity index (χ3v) is 5.75. The van der Waals surface area contributed by atoms with Crippen molar-refractivity contribution in [1.29, 1.82) is 0 Å². The van der Waals surface area contributed by atoms with Crippen molar-refractivity contribution in [2.24, 2.45) is 0 Å². The Hall–Kier alpha value is -3.94. The second kappa shape index (κ2) is 12.7. The van der Waals surface area contributed by atoms with E-state index in [1.807, 2.05) is 91.0 Å². The second-order valence-electron chi connectivity index (χ2n) is 9.00. The van der Waals surface area contributed by atoms with Gasteiger partial charge < -0.3 is 28.6 Å². The Morgan fingerprint density at radius 3 is 1.97 bits per heavy atom. The van der Waals surface area contributed by atoms with Gasteiger partial charge in [-0.25, -0.2) is 4.98 Å². The van der Waals surface area contributed by atoms with Gasteiger partial charge in [0.25, 0.3) is 0 Å². The highest BCUT2D eigenvalue weighted by atomic mass is 16.5. The van der Waals surface area contributed by atoms with Crippen molar-refractivity contribution in [3.05, 3.63) is 120 Å². The molecule has 1 heterocycles. The van der Waals surface area contributed by atoms with Crippen LogP contribution in [0.4, 0.5) is 0 Å². The summed E-state index contributed by atoms with van der Waals surface area (Å²) in [5.41, 5.74) is -0.0191. The van der Waals surface area contributed by atoms with Gasteiger partial charge in [0.2, 0.25) is 5.89 Å². The zero-order valence-electron chi connectivity index (χ0n) is 20.6. The summed E-state index contributed by atoms with van der Waals surface area (Å²) in [7, 11) is 4.32. The van der Waals surface area contributed by atoms with E-state index in [0.29, 0.717) is 13.2 Å². The highest BCUT2D eigenvalue weighted by molar-refractivity contribution is 5.41. The Morgan fingerprint density at radius 1 is 0.944 bits per heavy atom. The summed E-state index contributed by atoms with van der Waals surface area (Å²) in [6.07, 6.45) is 2.65. The number of para-hydroxylation sites is 1. The number of aromatic nitrogens is 1. The molecule has 3 aromatic carbocycles. The molecule has 0 amide bonds. The summed E-state index contributed by atoms with van der Waals surface area (Å²) < 4.78 is 12.7. The number of rotatable bonds is 10. The first kappa shape index (κ1) is 26.7. The molecule has 4 aromatic rings. The van der Waals surface area contributed by atoms with Crippen LogP contribution in [0.25, 0.3) is 0 Å². The molecule has 0 unspecified atom stereocenters. The van der Waals surface area contributed by atoms with E-state index in [9.17, 15) is 5.11 Å². The van der Waals surface area contributed by atoms with Crippen molar-refractivity contribution >= 4 is 6.47 Å². The average Bonchev–Trinajstić information content (AvgIpc) is 3.36. The van der Waals surface area contributed by atoms with Gasteiger partial charge in [-0.05, 0) is 23.3 Å². The zero-order chi connectivity index (χ0) is 25.9. The maximum Gasteiger partial charge on any atom is 0.236 e. The van der Waals surface area contributed by atoms with Crippen LogP contribution in [0.1, 0.15) is 29.2 Å². The average molecular weight is 489 g/mol. The molecule has 1 N–H and O–H groups in total. The van der Waals surface area contributed by atoms with E-state index in [1.165, 1.54) is 0 Å². The number of nitrogens with zero attached hydrogens (tertiary/aromatic N) is 2. The minimum Gasteiger partial charge on any atom is -0.554 e. The standard InChI is InChI=1S/C28H31N2O3.CH2O2/c1-30(2,19-12-20-32-25-17-10-5-11-18-25)22-26-21-29-27(33-26)28(31,23-13-6-3-7-14-23)24-15-8-4-9-16-24;2-1-3/h3-11,13-18,21,31H,12,19-20,22H2,1-2H3;1H,(H,2,3)/q+1;/p-1. The molecule has 1 aromatic heterocycles. The van der Waals surface area contributed by atoms with Crippen LogP contribution in [0.15, 0.2) is 102 Å². The third kappa shape index (κ3) is 7.04. The number of carbonyl (C=O) groups is 1. The summed E-state index contributed by atoms with van der Waals surface area (Å²) >= 11 is 0. The molecule has 188 valence electrons. The van der Waals surface area contributed by atoms with Gasteiger partial charge in [0.15, 0.2) is 11.4 Å². The van der Waals surface area contributed by atoms with Gasteiger partial charge >= 0.3 is 0 Å². The third-order valence-electron chi connectivity index (χ3n) is 5.75. The highest BCUT2D eigenvalue weighted by Gasteiger charge is 2.39. The Labute approximate surface area is 211 Å². The van der Waals surface area contributed by atoms with Crippen LogP contribution in [0, 0.1) is 0 Å². The molecular formula is C29H32N2O5. The van der Waals surface area contributed by atoms with Gasteiger partial charge in [-0.3, -0.25) is 0 Å². The van der Waals surface area contributed by atoms with Crippen LogP contribution in [-0.4, -0.2) is 48.3 Å². The number of benzene rings is 3. The predicted molar refractivity (Wildman–Crippen MR) is 135 cm³/mol. The highest BCUT2D eigenvalue weighted by Crippen LogP contribution is 2.36. The molecule has 0 fully saturated rings. The summed E-state index contributed by atoms with van der Waals surface area (Å²) in [5, 5.41) is 20.1. The Bertz CT molecular complexity index is 1140. The van der Waals surface area contributed by atoms with Crippen molar-refractivity contribution in [1.82, 2.24) is 4.98 Å². The number of oxazole rings is 1. The van der Waals surface area contributed by atoms with Crippen LogP contribution in [0.3, 0.4) is 0 Å². The van der Waals surface area contributed by atoms with Crippen LogP contribution in [0.5, 0.6) is 5.75 Å². The largest absolute Gasteiger partial charge is 0.554 e. The molecule has 0 spiro atoms. The van der Waals surface area contributed by atoms with E-state index in [4.69, 9.17) is 19.1 Å². The lowest BCUT2D eigenvalue weighted by Crippen LogP contribution is -2.40. The number of hydrogen-bond acceptors (Lipinski definition) is 6. The fourth-order valence-electron chi connectivity index (χ4n) is 4.02. The molecule has 0 atom stereocenters. The lowest BCUT2D eigenvalue weighted by atomic mass is 9.86. The van der Waals surface area contributed by atoms with E-state index in [2.05, 4.69) is 19.1 Å². The minimum absolute atomic E-state index is 0.280. The van der Waals surface area contributed by atoms with Crippen LogP contribution in [-0.2, 0) is 16.9 Å². The fourth-order valence-corrected chi connectivity index (χ4v) is 4.02. The lowest BCUT2D eigenvalue weighted by Gasteiger charge is -2.29. The molecular weight excluding hydrogens is 456 g/mol. The molecule has 0 aliphatic rings.